The lowest BCUT2D eigenvalue weighted by Gasteiger charge is -2.16. The van der Waals surface area contributed by atoms with E-state index in [0.717, 1.165) is 43.6 Å². The normalized spacial score (nSPS) is 19.7. The molecule has 1 aliphatic rings. The Hall–Kier alpha value is -0.770. The van der Waals surface area contributed by atoms with E-state index in [4.69, 9.17) is 26.8 Å². The lowest BCUT2D eigenvalue weighted by Crippen LogP contribution is -2.21. The van der Waals surface area contributed by atoms with Gasteiger partial charge in [-0.05, 0) is 50.2 Å². The van der Waals surface area contributed by atoms with Crippen LogP contribution in [0.4, 0.5) is 0 Å². The molecule has 1 heterocycles. The minimum Gasteiger partial charge on any atom is -0.492 e. The molecule has 0 bridgehead atoms. The lowest BCUT2D eigenvalue weighted by atomic mass is 10.0. The number of rotatable bonds is 8. The van der Waals surface area contributed by atoms with Gasteiger partial charge in [-0.25, -0.2) is 0 Å². The summed E-state index contributed by atoms with van der Waals surface area (Å²) in [6.07, 6.45) is 6.61. The van der Waals surface area contributed by atoms with Crippen LogP contribution < -0.4 is 10.5 Å². The molecule has 1 aromatic carbocycles. The average Bonchev–Trinajstić information content (AvgIpc) is 2.99. The van der Waals surface area contributed by atoms with E-state index >= 15 is 0 Å². The van der Waals surface area contributed by atoms with Crippen molar-refractivity contribution in [2.24, 2.45) is 5.73 Å². The fourth-order valence-corrected chi connectivity index (χ4v) is 2.91. The molecule has 0 radical (unpaired) electrons. The number of ether oxygens (including phenoxy) is 2. The SMILES string of the molecule is CCC(N)Cc1cccc(Cl)c1OCCCC1CCCO1. The fourth-order valence-electron chi connectivity index (χ4n) is 2.66. The van der Waals surface area contributed by atoms with Crippen molar-refractivity contribution in [2.75, 3.05) is 13.2 Å². The highest BCUT2D eigenvalue weighted by Crippen LogP contribution is 2.30. The molecule has 2 N–H and O–H groups in total. The summed E-state index contributed by atoms with van der Waals surface area (Å²) in [5, 5.41) is 0.674. The molecule has 0 amide bonds. The highest BCUT2D eigenvalue weighted by atomic mass is 35.5. The van der Waals surface area contributed by atoms with Crippen molar-refractivity contribution in [3.63, 3.8) is 0 Å². The topological polar surface area (TPSA) is 44.5 Å². The molecule has 4 heteroatoms. The minimum atomic E-state index is 0.151. The fraction of sp³-hybridized carbons (Fsp3) is 0.647. The number of hydrogen-bond acceptors (Lipinski definition) is 3. The summed E-state index contributed by atoms with van der Waals surface area (Å²) in [6.45, 7) is 3.68. The van der Waals surface area contributed by atoms with Crippen LogP contribution >= 0.6 is 11.6 Å². The third kappa shape index (κ3) is 5.17. The molecule has 1 aliphatic heterocycles. The number of benzene rings is 1. The van der Waals surface area contributed by atoms with Gasteiger partial charge in [0.15, 0.2) is 0 Å². The van der Waals surface area contributed by atoms with Crippen molar-refractivity contribution in [1.29, 1.82) is 0 Å². The summed E-state index contributed by atoms with van der Waals surface area (Å²) in [6, 6.07) is 6.03. The van der Waals surface area contributed by atoms with Crippen LogP contribution in [0.2, 0.25) is 5.02 Å². The molecule has 21 heavy (non-hydrogen) atoms. The number of para-hydroxylation sites is 1. The van der Waals surface area contributed by atoms with E-state index in [1.165, 1.54) is 12.8 Å². The first-order valence-electron chi connectivity index (χ1n) is 7.98. The molecule has 2 rings (SSSR count). The van der Waals surface area contributed by atoms with Gasteiger partial charge in [-0.2, -0.15) is 0 Å². The quantitative estimate of drug-likeness (QED) is 0.739. The Morgan fingerprint density at radius 1 is 1.48 bits per heavy atom. The lowest BCUT2D eigenvalue weighted by molar-refractivity contribution is 0.0981. The molecule has 2 unspecified atom stereocenters. The van der Waals surface area contributed by atoms with Crippen molar-refractivity contribution in [1.82, 2.24) is 0 Å². The van der Waals surface area contributed by atoms with Crippen LogP contribution in [0.25, 0.3) is 0 Å². The van der Waals surface area contributed by atoms with E-state index in [-0.39, 0.29) is 6.04 Å². The predicted octanol–water partition coefficient (Wildman–Crippen LogP) is 3.96. The maximum absolute atomic E-state index is 6.27. The highest BCUT2D eigenvalue weighted by Gasteiger charge is 2.15. The van der Waals surface area contributed by atoms with Crippen molar-refractivity contribution in [3.05, 3.63) is 28.8 Å². The molecule has 2 atom stereocenters. The Kier molecular flexibility index (Phi) is 6.81. The molecular weight excluding hydrogens is 286 g/mol. The van der Waals surface area contributed by atoms with Gasteiger partial charge in [0.05, 0.1) is 17.7 Å². The first-order chi connectivity index (χ1) is 10.2. The molecule has 1 fully saturated rings. The summed E-state index contributed by atoms with van der Waals surface area (Å²) in [4.78, 5) is 0. The zero-order valence-corrected chi connectivity index (χ0v) is 13.6. The van der Waals surface area contributed by atoms with Gasteiger partial charge < -0.3 is 15.2 Å². The van der Waals surface area contributed by atoms with Gasteiger partial charge in [0, 0.05) is 12.6 Å². The smallest absolute Gasteiger partial charge is 0.141 e. The van der Waals surface area contributed by atoms with Crippen molar-refractivity contribution >= 4 is 11.6 Å². The van der Waals surface area contributed by atoms with E-state index < -0.39 is 0 Å². The van der Waals surface area contributed by atoms with Gasteiger partial charge >= 0.3 is 0 Å². The van der Waals surface area contributed by atoms with Crippen LogP contribution in [0.15, 0.2) is 18.2 Å². The van der Waals surface area contributed by atoms with Crippen LogP contribution in [0.1, 0.15) is 44.6 Å². The Morgan fingerprint density at radius 2 is 2.33 bits per heavy atom. The molecule has 3 nitrogen and oxygen atoms in total. The third-order valence-electron chi connectivity index (χ3n) is 4.00. The Morgan fingerprint density at radius 3 is 3.05 bits per heavy atom. The summed E-state index contributed by atoms with van der Waals surface area (Å²) in [7, 11) is 0. The monoisotopic (exact) mass is 311 g/mol. The Bertz CT molecular complexity index is 433. The van der Waals surface area contributed by atoms with E-state index in [2.05, 4.69) is 13.0 Å². The van der Waals surface area contributed by atoms with Gasteiger partial charge in [0.2, 0.25) is 0 Å². The highest BCUT2D eigenvalue weighted by molar-refractivity contribution is 6.32. The van der Waals surface area contributed by atoms with Gasteiger partial charge in [0.1, 0.15) is 5.75 Å². The Labute approximate surface area is 132 Å². The molecule has 0 aliphatic carbocycles. The second kappa shape index (κ2) is 8.62. The van der Waals surface area contributed by atoms with E-state index in [1.807, 2.05) is 12.1 Å². The predicted molar refractivity (Wildman–Crippen MR) is 87.1 cm³/mol. The van der Waals surface area contributed by atoms with Crippen molar-refractivity contribution in [2.45, 2.75) is 57.6 Å². The number of hydrogen-bond donors (Lipinski definition) is 1. The first kappa shape index (κ1) is 16.6. The molecule has 0 saturated carbocycles. The van der Waals surface area contributed by atoms with Gasteiger partial charge in [-0.1, -0.05) is 30.7 Å². The van der Waals surface area contributed by atoms with Crippen LogP contribution in [-0.2, 0) is 11.2 Å². The minimum absolute atomic E-state index is 0.151. The second-order valence-electron chi connectivity index (χ2n) is 5.73. The molecule has 0 aromatic heterocycles. The average molecular weight is 312 g/mol. The van der Waals surface area contributed by atoms with Gasteiger partial charge in [-0.3, -0.25) is 0 Å². The number of halogens is 1. The summed E-state index contributed by atoms with van der Waals surface area (Å²) in [5.41, 5.74) is 7.15. The first-order valence-corrected chi connectivity index (χ1v) is 8.36. The van der Waals surface area contributed by atoms with E-state index in [9.17, 15) is 0 Å². The molecular formula is C17H26ClNO2. The molecule has 1 saturated heterocycles. The van der Waals surface area contributed by atoms with Crippen molar-refractivity contribution < 1.29 is 9.47 Å². The van der Waals surface area contributed by atoms with Crippen LogP contribution in [0, 0.1) is 0 Å². The standard InChI is InChI=1S/C17H26ClNO2/c1-2-14(19)12-13-6-3-9-16(18)17(13)21-11-5-8-15-7-4-10-20-15/h3,6,9,14-15H,2,4-5,7-8,10-12,19H2,1H3. The molecule has 0 spiro atoms. The largest absolute Gasteiger partial charge is 0.492 e. The third-order valence-corrected chi connectivity index (χ3v) is 4.29. The zero-order chi connectivity index (χ0) is 15.1. The summed E-state index contributed by atoms with van der Waals surface area (Å²) in [5.74, 6) is 0.801. The maximum Gasteiger partial charge on any atom is 0.141 e. The second-order valence-corrected chi connectivity index (χ2v) is 6.13. The summed E-state index contributed by atoms with van der Waals surface area (Å²) < 4.78 is 11.6. The van der Waals surface area contributed by atoms with Gasteiger partial charge in [0.25, 0.3) is 0 Å². The Balaban J connectivity index is 1.85. The van der Waals surface area contributed by atoms with Gasteiger partial charge in [-0.15, -0.1) is 0 Å². The summed E-state index contributed by atoms with van der Waals surface area (Å²) >= 11 is 6.27. The number of nitrogens with two attached hydrogens (primary N) is 1. The molecule has 118 valence electrons. The maximum atomic E-state index is 6.27. The van der Waals surface area contributed by atoms with E-state index in [0.29, 0.717) is 17.7 Å². The van der Waals surface area contributed by atoms with Crippen LogP contribution in [0.3, 0.4) is 0 Å². The zero-order valence-electron chi connectivity index (χ0n) is 12.8. The van der Waals surface area contributed by atoms with E-state index in [1.54, 1.807) is 0 Å². The molecule has 1 aromatic rings. The van der Waals surface area contributed by atoms with Crippen LogP contribution in [0.5, 0.6) is 5.75 Å². The van der Waals surface area contributed by atoms with Crippen molar-refractivity contribution in [3.8, 4) is 5.75 Å². The van der Waals surface area contributed by atoms with Crippen LogP contribution in [-0.4, -0.2) is 25.4 Å².